The van der Waals surface area contributed by atoms with Crippen LogP contribution in [0.25, 0.3) is 0 Å². The summed E-state index contributed by atoms with van der Waals surface area (Å²) in [4.78, 5) is 11.9. The number of amides is 2. The molecule has 0 aliphatic heterocycles. The van der Waals surface area contributed by atoms with E-state index in [0.29, 0.717) is 31.0 Å². The summed E-state index contributed by atoms with van der Waals surface area (Å²) in [5.74, 6) is 2.22. The fraction of sp³-hybridized carbons (Fsp3) is 0.350. The maximum Gasteiger partial charge on any atom is 0.315 e. The van der Waals surface area contributed by atoms with Gasteiger partial charge in [-0.05, 0) is 48.2 Å². The van der Waals surface area contributed by atoms with Crippen molar-refractivity contribution in [1.82, 2.24) is 10.6 Å². The molecule has 0 aliphatic rings. The Morgan fingerprint density at radius 2 is 1.50 bits per heavy atom. The van der Waals surface area contributed by atoms with Crippen LogP contribution in [0.3, 0.4) is 0 Å². The third-order valence-corrected chi connectivity index (χ3v) is 4.06. The lowest BCUT2D eigenvalue weighted by molar-refractivity contribution is 0.240. The lowest BCUT2D eigenvalue weighted by Gasteiger charge is -2.11. The Morgan fingerprint density at radius 1 is 0.846 bits per heavy atom. The number of rotatable bonds is 8. The fourth-order valence-corrected chi connectivity index (χ4v) is 2.65. The van der Waals surface area contributed by atoms with E-state index < -0.39 is 0 Å². The second kappa shape index (κ2) is 9.56. The molecule has 2 N–H and O–H groups in total. The van der Waals surface area contributed by atoms with Crippen LogP contribution in [0.15, 0.2) is 36.4 Å². The molecule has 0 fully saturated rings. The van der Waals surface area contributed by atoms with E-state index in [2.05, 4.69) is 10.6 Å². The second-order valence-electron chi connectivity index (χ2n) is 5.85. The molecule has 2 rings (SSSR count). The quantitative estimate of drug-likeness (QED) is 0.761. The van der Waals surface area contributed by atoms with Gasteiger partial charge in [-0.2, -0.15) is 0 Å². The topological polar surface area (TPSA) is 68.8 Å². The Labute approximate surface area is 154 Å². The van der Waals surface area contributed by atoms with E-state index in [9.17, 15) is 4.79 Å². The lowest BCUT2D eigenvalue weighted by atomic mass is 10.1. The van der Waals surface area contributed by atoms with E-state index in [-0.39, 0.29) is 6.03 Å². The maximum atomic E-state index is 11.9. The largest absolute Gasteiger partial charge is 0.496 e. The number of methoxy groups -OCH3 is 3. The molecule has 0 spiro atoms. The van der Waals surface area contributed by atoms with Crippen molar-refractivity contribution >= 4 is 6.03 Å². The van der Waals surface area contributed by atoms with Gasteiger partial charge in [-0.1, -0.05) is 18.2 Å². The van der Waals surface area contributed by atoms with Gasteiger partial charge in [-0.15, -0.1) is 0 Å². The van der Waals surface area contributed by atoms with Gasteiger partial charge in [0.1, 0.15) is 5.75 Å². The van der Waals surface area contributed by atoms with E-state index in [4.69, 9.17) is 14.2 Å². The summed E-state index contributed by atoms with van der Waals surface area (Å²) < 4.78 is 15.7. The highest BCUT2D eigenvalue weighted by atomic mass is 16.5. The van der Waals surface area contributed by atoms with Crippen LogP contribution in [0.2, 0.25) is 0 Å². The molecule has 2 aromatic carbocycles. The fourth-order valence-electron chi connectivity index (χ4n) is 2.65. The van der Waals surface area contributed by atoms with Crippen molar-refractivity contribution in [1.29, 1.82) is 0 Å². The number of benzene rings is 2. The summed E-state index contributed by atoms with van der Waals surface area (Å²) in [6.07, 6.45) is 0.704. The van der Waals surface area contributed by atoms with Crippen LogP contribution in [0.5, 0.6) is 17.2 Å². The Balaban J connectivity index is 1.78. The first-order valence-corrected chi connectivity index (χ1v) is 8.43. The first-order chi connectivity index (χ1) is 12.6. The first kappa shape index (κ1) is 19.4. The molecule has 2 amide bonds. The molecule has 0 saturated carbocycles. The van der Waals surface area contributed by atoms with Crippen molar-refractivity contribution in [2.75, 3.05) is 27.9 Å². The molecule has 0 saturated heterocycles. The van der Waals surface area contributed by atoms with Gasteiger partial charge in [0.25, 0.3) is 0 Å². The lowest BCUT2D eigenvalue weighted by Crippen LogP contribution is -2.36. The van der Waals surface area contributed by atoms with Gasteiger partial charge in [-0.25, -0.2) is 4.79 Å². The van der Waals surface area contributed by atoms with Crippen molar-refractivity contribution in [2.24, 2.45) is 0 Å². The van der Waals surface area contributed by atoms with E-state index >= 15 is 0 Å². The minimum Gasteiger partial charge on any atom is -0.496 e. The van der Waals surface area contributed by atoms with Crippen molar-refractivity contribution in [3.05, 3.63) is 53.1 Å². The molecule has 0 bridgehead atoms. The highest BCUT2D eigenvalue weighted by Gasteiger charge is 2.06. The summed E-state index contributed by atoms with van der Waals surface area (Å²) >= 11 is 0. The molecular formula is C20H26N2O4. The molecule has 0 radical (unpaired) electrons. The Kier molecular flexibility index (Phi) is 7.14. The zero-order valence-electron chi connectivity index (χ0n) is 15.7. The molecule has 0 heterocycles. The summed E-state index contributed by atoms with van der Waals surface area (Å²) in [5.41, 5.74) is 3.13. The van der Waals surface area contributed by atoms with Crippen LogP contribution in [0.4, 0.5) is 4.79 Å². The van der Waals surface area contributed by atoms with Gasteiger partial charge in [-0.3, -0.25) is 0 Å². The normalized spacial score (nSPS) is 10.2. The molecule has 0 aliphatic carbocycles. The summed E-state index contributed by atoms with van der Waals surface area (Å²) in [7, 11) is 4.86. The third kappa shape index (κ3) is 5.31. The molecule has 0 atom stereocenters. The number of nitrogens with one attached hydrogen (secondary N) is 2. The molecule has 2 aromatic rings. The smallest absolute Gasteiger partial charge is 0.315 e. The van der Waals surface area contributed by atoms with E-state index in [1.54, 1.807) is 21.3 Å². The number of carbonyl (C=O) groups excluding carboxylic acids is 1. The SMILES string of the molecule is COc1ccc(CNC(=O)NCCc2ccc(OC)c(OC)c2)cc1C. The van der Waals surface area contributed by atoms with Crippen LogP contribution < -0.4 is 24.8 Å². The summed E-state index contributed by atoms with van der Waals surface area (Å²) in [6, 6.07) is 11.4. The van der Waals surface area contributed by atoms with Crippen LogP contribution in [-0.2, 0) is 13.0 Å². The predicted molar refractivity (Wildman–Crippen MR) is 101 cm³/mol. The van der Waals surface area contributed by atoms with Gasteiger partial charge < -0.3 is 24.8 Å². The zero-order valence-corrected chi connectivity index (χ0v) is 15.7. The van der Waals surface area contributed by atoms with Crippen molar-refractivity contribution < 1.29 is 19.0 Å². The number of carbonyl (C=O) groups is 1. The average molecular weight is 358 g/mol. The molecular weight excluding hydrogens is 332 g/mol. The van der Waals surface area contributed by atoms with Gasteiger partial charge in [0.15, 0.2) is 11.5 Å². The Hall–Kier alpha value is -2.89. The van der Waals surface area contributed by atoms with Gasteiger partial charge >= 0.3 is 6.03 Å². The minimum atomic E-state index is -0.195. The number of aryl methyl sites for hydroxylation is 1. The standard InChI is InChI=1S/C20H26N2O4/c1-14-11-16(6-7-17(14)24-2)13-22-20(23)21-10-9-15-5-8-18(25-3)19(12-15)26-4/h5-8,11-12H,9-10,13H2,1-4H3,(H2,21,22,23). The highest BCUT2D eigenvalue weighted by Crippen LogP contribution is 2.27. The van der Waals surface area contributed by atoms with Gasteiger partial charge in [0, 0.05) is 13.1 Å². The number of hydrogen-bond donors (Lipinski definition) is 2. The summed E-state index contributed by atoms with van der Waals surface area (Å²) in [5, 5.41) is 5.71. The summed E-state index contributed by atoms with van der Waals surface area (Å²) in [6.45, 7) is 2.97. The van der Waals surface area contributed by atoms with Crippen LogP contribution >= 0.6 is 0 Å². The third-order valence-electron chi connectivity index (χ3n) is 4.06. The minimum absolute atomic E-state index is 0.195. The van der Waals surface area contributed by atoms with E-state index in [1.165, 1.54) is 0 Å². The number of hydrogen-bond acceptors (Lipinski definition) is 4. The Bertz CT molecular complexity index is 747. The van der Waals surface area contributed by atoms with Crippen LogP contribution in [-0.4, -0.2) is 33.9 Å². The van der Waals surface area contributed by atoms with Gasteiger partial charge in [0.05, 0.1) is 21.3 Å². The average Bonchev–Trinajstić information content (AvgIpc) is 2.66. The molecule has 140 valence electrons. The monoisotopic (exact) mass is 358 g/mol. The molecule has 0 aromatic heterocycles. The van der Waals surface area contributed by atoms with Crippen LogP contribution in [0, 0.1) is 6.92 Å². The van der Waals surface area contributed by atoms with Crippen molar-refractivity contribution in [2.45, 2.75) is 19.9 Å². The maximum absolute atomic E-state index is 11.9. The number of urea groups is 1. The number of ether oxygens (including phenoxy) is 3. The predicted octanol–water partition coefficient (Wildman–Crippen LogP) is 3.06. The molecule has 0 unspecified atom stereocenters. The van der Waals surface area contributed by atoms with Gasteiger partial charge in [0.2, 0.25) is 0 Å². The zero-order chi connectivity index (χ0) is 18.9. The van der Waals surface area contributed by atoms with Crippen molar-refractivity contribution in [3.8, 4) is 17.2 Å². The first-order valence-electron chi connectivity index (χ1n) is 8.43. The molecule has 6 heteroatoms. The van der Waals surface area contributed by atoms with Crippen LogP contribution in [0.1, 0.15) is 16.7 Å². The molecule has 26 heavy (non-hydrogen) atoms. The van der Waals surface area contributed by atoms with E-state index in [1.807, 2.05) is 43.3 Å². The second-order valence-corrected chi connectivity index (χ2v) is 5.85. The Morgan fingerprint density at radius 3 is 2.15 bits per heavy atom. The van der Waals surface area contributed by atoms with E-state index in [0.717, 1.165) is 22.4 Å². The highest BCUT2D eigenvalue weighted by molar-refractivity contribution is 5.73. The molecule has 6 nitrogen and oxygen atoms in total. The van der Waals surface area contributed by atoms with Crippen molar-refractivity contribution in [3.63, 3.8) is 0 Å².